The van der Waals surface area contributed by atoms with Crippen molar-refractivity contribution < 1.29 is 18.7 Å². The van der Waals surface area contributed by atoms with Gasteiger partial charge in [-0.2, -0.15) is 0 Å². The Labute approximate surface area is 114 Å². The molecule has 0 unspecified atom stereocenters. The standard InChI is InChI=1S/C8H14N6O4P2/c9-19(10,17)13-7(15)5-2-1-3-6(4-5)8(16)14-20(11,12)18/h1-4H,(H5,9,10,13,15,17)(H5,11,12,14,16,18). The summed E-state index contributed by atoms with van der Waals surface area (Å²) in [7, 11) is -7.49. The van der Waals surface area contributed by atoms with Crippen LogP contribution in [0.15, 0.2) is 24.3 Å². The van der Waals surface area contributed by atoms with Gasteiger partial charge in [-0.15, -0.1) is 0 Å². The van der Waals surface area contributed by atoms with Crippen molar-refractivity contribution in [3.05, 3.63) is 35.4 Å². The molecule has 0 aliphatic carbocycles. The maximum Gasteiger partial charge on any atom is 0.300 e. The van der Waals surface area contributed by atoms with E-state index in [9.17, 15) is 18.7 Å². The Bertz CT molecular complexity index is 584. The number of nitrogens with one attached hydrogen (secondary N) is 2. The minimum Gasteiger partial charge on any atom is -0.279 e. The lowest BCUT2D eigenvalue weighted by atomic mass is 10.1. The second-order valence-corrected chi connectivity index (χ2v) is 7.17. The molecule has 0 aliphatic rings. The van der Waals surface area contributed by atoms with E-state index in [0.29, 0.717) is 0 Å². The predicted molar refractivity (Wildman–Crippen MR) is 73.3 cm³/mol. The monoisotopic (exact) mass is 320 g/mol. The summed E-state index contributed by atoms with van der Waals surface area (Å²) in [6.45, 7) is 0. The molecule has 1 rings (SSSR count). The number of carbonyl (C=O) groups is 2. The van der Waals surface area contributed by atoms with Crippen molar-refractivity contribution in [2.45, 2.75) is 0 Å². The second-order valence-electron chi connectivity index (χ2n) is 3.88. The average molecular weight is 320 g/mol. The van der Waals surface area contributed by atoms with Crippen LogP contribution in [0.3, 0.4) is 0 Å². The van der Waals surface area contributed by atoms with Gasteiger partial charge in [-0.1, -0.05) is 6.07 Å². The largest absolute Gasteiger partial charge is 0.300 e. The molecule has 0 fully saturated rings. The van der Waals surface area contributed by atoms with Gasteiger partial charge in [0.25, 0.3) is 11.8 Å². The van der Waals surface area contributed by atoms with Crippen LogP contribution in [0.5, 0.6) is 0 Å². The van der Waals surface area contributed by atoms with Gasteiger partial charge in [-0.3, -0.25) is 50.9 Å². The van der Waals surface area contributed by atoms with E-state index < -0.39 is 27.0 Å². The topological polar surface area (TPSA) is 196 Å². The van der Waals surface area contributed by atoms with E-state index in [-0.39, 0.29) is 11.1 Å². The predicted octanol–water partition coefficient (Wildman–Crippen LogP) is -0.803. The Balaban J connectivity index is 2.97. The summed E-state index contributed by atoms with van der Waals surface area (Å²) in [4.78, 5) is 23.3. The van der Waals surface area contributed by atoms with Gasteiger partial charge in [-0.25, -0.2) is 0 Å². The highest BCUT2D eigenvalue weighted by Gasteiger charge is 2.18. The van der Waals surface area contributed by atoms with Gasteiger partial charge in [0.05, 0.1) is 0 Å². The van der Waals surface area contributed by atoms with Crippen LogP contribution in [-0.2, 0) is 9.13 Å². The molecule has 2 amide bonds. The quantitative estimate of drug-likeness (QED) is 0.387. The first-order valence-corrected chi connectivity index (χ1v) is 8.77. The van der Waals surface area contributed by atoms with Crippen LogP contribution in [0.4, 0.5) is 0 Å². The van der Waals surface area contributed by atoms with Crippen molar-refractivity contribution in [2.24, 2.45) is 22.0 Å². The lowest BCUT2D eigenvalue weighted by Crippen LogP contribution is -2.30. The minimum absolute atomic E-state index is 0.0161. The Morgan fingerprint density at radius 2 is 1.20 bits per heavy atom. The molecule has 110 valence electrons. The van der Waals surface area contributed by atoms with Crippen LogP contribution in [0, 0.1) is 0 Å². The molecular formula is C8H14N6O4P2. The number of rotatable bonds is 4. The summed E-state index contributed by atoms with van der Waals surface area (Å²) in [6, 6.07) is 5.20. The average Bonchev–Trinajstić information content (AvgIpc) is 2.24. The molecule has 20 heavy (non-hydrogen) atoms. The smallest absolute Gasteiger partial charge is 0.279 e. The fourth-order valence-corrected chi connectivity index (χ4v) is 2.14. The number of nitrogens with two attached hydrogens (primary N) is 4. The minimum atomic E-state index is -3.74. The van der Waals surface area contributed by atoms with Gasteiger partial charge < -0.3 is 0 Å². The Kier molecular flexibility index (Phi) is 4.82. The van der Waals surface area contributed by atoms with Crippen LogP contribution in [0.1, 0.15) is 20.7 Å². The van der Waals surface area contributed by atoms with Crippen molar-refractivity contribution in [2.75, 3.05) is 0 Å². The molecule has 1 aromatic rings. The van der Waals surface area contributed by atoms with Crippen molar-refractivity contribution >= 4 is 27.0 Å². The number of amides is 2. The van der Waals surface area contributed by atoms with Crippen LogP contribution in [0.25, 0.3) is 0 Å². The van der Waals surface area contributed by atoms with Crippen LogP contribution < -0.4 is 32.2 Å². The Morgan fingerprint density at radius 1 is 0.850 bits per heavy atom. The molecule has 10 N–H and O–H groups in total. The Morgan fingerprint density at radius 3 is 1.50 bits per heavy atom. The third-order valence-corrected chi connectivity index (χ3v) is 3.04. The maximum absolute atomic E-state index is 11.6. The SMILES string of the molecule is NP(N)(=O)NC(=O)c1cccc(C(=O)NP(N)(N)=O)c1. The fourth-order valence-electron chi connectivity index (χ4n) is 1.25. The molecule has 0 aliphatic heterocycles. The third kappa shape index (κ3) is 5.62. The zero-order valence-corrected chi connectivity index (χ0v) is 11.9. The van der Waals surface area contributed by atoms with E-state index in [1.165, 1.54) is 18.2 Å². The molecule has 1 aromatic carbocycles. The van der Waals surface area contributed by atoms with E-state index in [1.54, 1.807) is 0 Å². The molecule has 0 spiro atoms. The Hall–Kier alpha value is -1.54. The fraction of sp³-hybridized carbons (Fsp3) is 0. The van der Waals surface area contributed by atoms with Gasteiger partial charge in [0.2, 0.25) is 0 Å². The lowest BCUT2D eigenvalue weighted by Gasteiger charge is -2.11. The van der Waals surface area contributed by atoms with E-state index in [0.717, 1.165) is 6.07 Å². The summed E-state index contributed by atoms with van der Waals surface area (Å²) in [6.07, 6.45) is 0. The highest BCUT2D eigenvalue weighted by atomic mass is 31.2. The van der Waals surface area contributed by atoms with Crippen molar-refractivity contribution in [3.63, 3.8) is 0 Å². The van der Waals surface area contributed by atoms with Crippen LogP contribution in [0.2, 0.25) is 0 Å². The third-order valence-electron chi connectivity index (χ3n) is 1.94. The first kappa shape index (κ1) is 16.5. The van der Waals surface area contributed by atoms with Gasteiger partial charge in [-0.05, 0) is 18.2 Å². The van der Waals surface area contributed by atoms with Crippen LogP contribution >= 0.6 is 15.2 Å². The zero-order valence-electron chi connectivity index (χ0n) is 10.1. The number of hydrogen-bond acceptors (Lipinski definition) is 4. The summed E-state index contributed by atoms with van der Waals surface area (Å²) in [5, 5.41) is 3.77. The number of carbonyl (C=O) groups excluding carboxylic acids is 2. The highest BCUT2D eigenvalue weighted by Crippen LogP contribution is 2.21. The van der Waals surface area contributed by atoms with Crippen molar-refractivity contribution in [3.8, 4) is 0 Å². The van der Waals surface area contributed by atoms with Gasteiger partial charge in [0, 0.05) is 11.1 Å². The summed E-state index contributed by atoms with van der Waals surface area (Å²) < 4.78 is 22.2. The van der Waals surface area contributed by atoms with Crippen LogP contribution in [-0.4, -0.2) is 11.8 Å². The molecule has 10 nitrogen and oxygen atoms in total. The summed E-state index contributed by atoms with van der Waals surface area (Å²) in [5.41, 5.74) is 20.0. The van der Waals surface area contributed by atoms with E-state index in [4.69, 9.17) is 22.0 Å². The summed E-state index contributed by atoms with van der Waals surface area (Å²) >= 11 is 0. The van der Waals surface area contributed by atoms with Gasteiger partial charge >= 0.3 is 15.2 Å². The van der Waals surface area contributed by atoms with Crippen molar-refractivity contribution in [1.29, 1.82) is 0 Å². The zero-order chi connectivity index (χ0) is 15.6. The molecule has 0 bridgehead atoms. The number of hydrogen-bond donors (Lipinski definition) is 6. The number of benzene rings is 1. The summed E-state index contributed by atoms with van der Waals surface area (Å²) in [5.74, 6) is -1.65. The molecule has 0 atom stereocenters. The lowest BCUT2D eigenvalue weighted by molar-refractivity contribution is 0.0978. The van der Waals surface area contributed by atoms with Gasteiger partial charge in [0.1, 0.15) is 0 Å². The molecule has 0 saturated heterocycles. The molecular weight excluding hydrogens is 306 g/mol. The van der Waals surface area contributed by atoms with E-state index in [1.807, 2.05) is 10.2 Å². The van der Waals surface area contributed by atoms with E-state index >= 15 is 0 Å². The first-order chi connectivity index (χ1) is 8.98. The maximum atomic E-state index is 11.6. The van der Waals surface area contributed by atoms with Gasteiger partial charge in [0.15, 0.2) is 0 Å². The molecule has 0 aromatic heterocycles. The molecule has 0 heterocycles. The van der Waals surface area contributed by atoms with E-state index in [2.05, 4.69) is 0 Å². The van der Waals surface area contributed by atoms with Crippen molar-refractivity contribution in [1.82, 2.24) is 10.2 Å². The second kappa shape index (κ2) is 5.84. The first-order valence-electron chi connectivity index (χ1n) is 5.07. The normalized spacial score (nSPS) is 11.8. The molecule has 0 radical (unpaired) electrons. The highest BCUT2D eigenvalue weighted by molar-refractivity contribution is 7.58. The molecule has 0 saturated carbocycles. The molecule has 12 heteroatoms.